The zero-order chi connectivity index (χ0) is 12.8. The SMILES string of the molecule is COC(=O)COc1ccc(-c2ccccc2)cc1. The molecule has 0 aliphatic heterocycles. The molecule has 2 aromatic carbocycles. The molecule has 3 heteroatoms. The lowest BCUT2D eigenvalue weighted by Gasteiger charge is -2.06. The molecule has 0 fully saturated rings. The van der Waals surface area contributed by atoms with Crippen LogP contribution in [0.4, 0.5) is 0 Å². The maximum absolute atomic E-state index is 10.9. The third kappa shape index (κ3) is 3.10. The molecule has 0 bridgehead atoms. The van der Waals surface area contributed by atoms with Crippen molar-refractivity contribution in [2.24, 2.45) is 0 Å². The fraction of sp³-hybridized carbons (Fsp3) is 0.133. The first-order chi connectivity index (χ1) is 8.79. The number of hydrogen-bond donors (Lipinski definition) is 0. The minimum Gasteiger partial charge on any atom is -0.482 e. The van der Waals surface area contributed by atoms with Crippen molar-refractivity contribution < 1.29 is 14.3 Å². The lowest BCUT2D eigenvalue weighted by molar-refractivity contribution is -0.142. The third-order valence-corrected chi connectivity index (χ3v) is 2.55. The normalized spacial score (nSPS) is 9.83. The van der Waals surface area contributed by atoms with E-state index in [0.29, 0.717) is 5.75 Å². The van der Waals surface area contributed by atoms with Crippen LogP contribution in [0.2, 0.25) is 0 Å². The molecule has 0 saturated carbocycles. The minimum absolute atomic E-state index is 0.0683. The van der Waals surface area contributed by atoms with Crippen molar-refractivity contribution in [3.8, 4) is 16.9 Å². The average Bonchev–Trinajstić information content (AvgIpc) is 2.46. The summed E-state index contributed by atoms with van der Waals surface area (Å²) in [7, 11) is 1.34. The van der Waals surface area contributed by atoms with Crippen molar-refractivity contribution in [2.75, 3.05) is 13.7 Å². The monoisotopic (exact) mass is 242 g/mol. The second kappa shape index (κ2) is 5.87. The smallest absolute Gasteiger partial charge is 0.343 e. The molecule has 0 aliphatic carbocycles. The Kier molecular flexibility index (Phi) is 3.97. The Bertz CT molecular complexity index is 503. The van der Waals surface area contributed by atoms with Gasteiger partial charge in [-0.05, 0) is 23.3 Å². The van der Waals surface area contributed by atoms with E-state index in [1.165, 1.54) is 7.11 Å². The van der Waals surface area contributed by atoms with Crippen LogP contribution in [-0.2, 0) is 9.53 Å². The van der Waals surface area contributed by atoms with Gasteiger partial charge in [-0.3, -0.25) is 0 Å². The molecule has 92 valence electrons. The van der Waals surface area contributed by atoms with Crippen LogP contribution in [0, 0.1) is 0 Å². The molecule has 0 N–H and O–H groups in total. The van der Waals surface area contributed by atoms with Gasteiger partial charge in [-0.15, -0.1) is 0 Å². The summed E-state index contributed by atoms with van der Waals surface area (Å²) in [6.07, 6.45) is 0. The lowest BCUT2D eigenvalue weighted by Crippen LogP contribution is -2.12. The molecule has 0 aromatic heterocycles. The summed E-state index contributed by atoms with van der Waals surface area (Å²) in [5.74, 6) is 0.266. The Morgan fingerprint density at radius 1 is 0.944 bits per heavy atom. The van der Waals surface area contributed by atoms with Gasteiger partial charge in [0.25, 0.3) is 0 Å². The van der Waals surface area contributed by atoms with Crippen LogP contribution in [0.25, 0.3) is 11.1 Å². The molecule has 18 heavy (non-hydrogen) atoms. The highest BCUT2D eigenvalue weighted by Gasteiger charge is 2.02. The van der Waals surface area contributed by atoms with Gasteiger partial charge in [-0.2, -0.15) is 0 Å². The zero-order valence-electron chi connectivity index (χ0n) is 10.1. The molecule has 0 amide bonds. The number of methoxy groups -OCH3 is 1. The summed E-state index contributed by atoms with van der Waals surface area (Å²) < 4.78 is 9.78. The van der Waals surface area contributed by atoms with E-state index in [2.05, 4.69) is 4.74 Å². The van der Waals surface area contributed by atoms with Crippen molar-refractivity contribution in [3.05, 3.63) is 54.6 Å². The Labute approximate surface area is 106 Å². The fourth-order valence-electron chi connectivity index (χ4n) is 1.58. The van der Waals surface area contributed by atoms with Gasteiger partial charge in [0.15, 0.2) is 6.61 Å². The summed E-state index contributed by atoms with van der Waals surface area (Å²) in [4.78, 5) is 10.9. The van der Waals surface area contributed by atoms with Crippen LogP contribution in [0.15, 0.2) is 54.6 Å². The molecule has 2 rings (SSSR count). The first-order valence-electron chi connectivity index (χ1n) is 5.64. The maximum atomic E-state index is 10.9. The van der Waals surface area contributed by atoms with Crippen LogP contribution in [0.1, 0.15) is 0 Å². The van der Waals surface area contributed by atoms with Gasteiger partial charge in [0, 0.05) is 0 Å². The predicted octanol–water partition coefficient (Wildman–Crippen LogP) is 2.91. The molecule has 0 unspecified atom stereocenters. The van der Waals surface area contributed by atoms with E-state index in [9.17, 15) is 4.79 Å². The molecule has 0 atom stereocenters. The van der Waals surface area contributed by atoms with Gasteiger partial charge in [0.1, 0.15) is 5.75 Å². The van der Waals surface area contributed by atoms with Crippen molar-refractivity contribution in [2.45, 2.75) is 0 Å². The largest absolute Gasteiger partial charge is 0.482 e. The predicted molar refractivity (Wildman–Crippen MR) is 69.4 cm³/mol. The Morgan fingerprint density at radius 3 is 2.17 bits per heavy atom. The number of esters is 1. The highest BCUT2D eigenvalue weighted by molar-refractivity contribution is 5.71. The van der Waals surface area contributed by atoms with Crippen molar-refractivity contribution in [1.29, 1.82) is 0 Å². The number of carbonyl (C=O) groups is 1. The van der Waals surface area contributed by atoms with Crippen molar-refractivity contribution >= 4 is 5.97 Å². The molecule has 0 heterocycles. The molecular formula is C15H14O3. The van der Waals surface area contributed by atoms with Gasteiger partial charge < -0.3 is 9.47 Å². The quantitative estimate of drug-likeness (QED) is 0.773. The number of benzene rings is 2. The summed E-state index contributed by atoms with van der Waals surface area (Å²) in [6.45, 7) is -0.0683. The highest BCUT2D eigenvalue weighted by Crippen LogP contribution is 2.21. The third-order valence-electron chi connectivity index (χ3n) is 2.55. The lowest BCUT2D eigenvalue weighted by atomic mass is 10.1. The number of hydrogen-bond acceptors (Lipinski definition) is 3. The van der Waals surface area contributed by atoms with E-state index in [1.807, 2.05) is 54.6 Å². The van der Waals surface area contributed by atoms with Crippen LogP contribution in [-0.4, -0.2) is 19.7 Å². The van der Waals surface area contributed by atoms with Crippen LogP contribution in [0.3, 0.4) is 0 Å². The summed E-state index contributed by atoms with van der Waals surface area (Å²) >= 11 is 0. The van der Waals surface area contributed by atoms with E-state index in [1.54, 1.807) is 0 Å². The molecular weight excluding hydrogens is 228 g/mol. The van der Waals surface area contributed by atoms with Gasteiger partial charge in [0.05, 0.1) is 7.11 Å². The second-order valence-electron chi connectivity index (χ2n) is 3.76. The van der Waals surface area contributed by atoms with Crippen molar-refractivity contribution in [3.63, 3.8) is 0 Å². The first-order valence-corrected chi connectivity index (χ1v) is 5.64. The van der Waals surface area contributed by atoms with Gasteiger partial charge in [-0.1, -0.05) is 42.5 Å². The van der Waals surface area contributed by atoms with E-state index in [0.717, 1.165) is 11.1 Å². The Balaban J connectivity index is 2.04. The van der Waals surface area contributed by atoms with Crippen LogP contribution in [0.5, 0.6) is 5.75 Å². The Hall–Kier alpha value is -2.29. The molecule has 2 aromatic rings. The van der Waals surface area contributed by atoms with E-state index in [4.69, 9.17) is 4.74 Å². The molecule has 3 nitrogen and oxygen atoms in total. The maximum Gasteiger partial charge on any atom is 0.343 e. The molecule has 0 radical (unpaired) electrons. The summed E-state index contributed by atoms with van der Waals surface area (Å²) in [5.41, 5.74) is 2.26. The van der Waals surface area contributed by atoms with E-state index in [-0.39, 0.29) is 12.6 Å². The number of carbonyl (C=O) groups excluding carboxylic acids is 1. The minimum atomic E-state index is -0.387. The zero-order valence-corrected chi connectivity index (χ0v) is 10.1. The molecule has 0 aliphatic rings. The fourth-order valence-corrected chi connectivity index (χ4v) is 1.58. The summed E-state index contributed by atoms with van der Waals surface area (Å²) in [6, 6.07) is 17.7. The van der Waals surface area contributed by atoms with Gasteiger partial charge in [-0.25, -0.2) is 4.79 Å². The van der Waals surface area contributed by atoms with E-state index >= 15 is 0 Å². The summed E-state index contributed by atoms with van der Waals surface area (Å²) in [5, 5.41) is 0. The first kappa shape index (κ1) is 12.2. The number of ether oxygens (including phenoxy) is 2. The van der Waals surface area contributed by atoms with Crippen LogP contribution >= 0.6 is 0 Å². The Morgan fingerprint density at radius 2 is 1.56 bits per heavy atom. The average molecular weight is 242 g/mol. The van der Waals surface area contributed by atoms with Gasteiger partial charge >= 0.3 is 5.97 Å². The second-order valence-corrected chi connectivity index (χ2v) is 3.76. The molecule has 0 spiro atoms. The van der Waals surface area contributed by atoms with Crippen molar-refractivity contribution in [1.82, 2.24) is 0 Å². The number of rotatable bonds is 4. The standard InChI is InChI=1S/C15H14O3/c1-17-15(16)11-18-14-9-7-13(8-10-14)12-5-3-2-4-6-12/h2-10H,11H2,1H3. The van der Waals surface area contributed by atoms with Crippen LogP contribution < -0.4 is 4.74 Å². The topological polar surface area (TPSA) is 35.5 Å². The highest BCUT2D eigenvalue weighted by atomic mass is 16.6. The molecule has 0 saturated heterocycles. The van der Waals surface area contributed by atoms with E-state index < -0.39 is 0 Å². The van der Waals surface area contributed by atoms with Gasteiger partial charge in [0.2, 0.25) is 0 Å².